The van der Waals surface area contributed by atoms with Crippen molar-refractivity contribution in [1.29, 1.82) is 0 Å². The Kier molecular flexibility index (Phi) is 5.24. The number of carbonyl (C=O) groups excluding carboxylic acids is 1. The van der Waals surface area contributed by atoms with Crippen LogP contribution in [-0.4, -0.2) is 41.9 Å². The van der Waals surface area contributed by atoms with E-state index in [-0.39, 0.29) is 11.2 Å². The van der Waals surface area contributed by atoms with Crippen molar-refractivity contribution in [2.45, 2.75) is 25.4 Å². The second-order valence-electron chi connectivity index (χ2n) is 5.46. The van der Waals surface area contributed by atoms with Crippen LogP contribution in [0, 0.1) is 5.41 Å². The van der Waals surface area contributed by atoms with Gasteiger partial charge in [-0.25, -0.2) is 9.78 Å². The molecule has 23 heavy (non-hydrogen) atoms. The molecule has 7 nitrogen and oxygen atoms in total. The lowest BCUT2D eigenvalue weighted by atomic mass is 10.0. The number of nitrogens with two attached hydrogens (primary N) is 1. The van der Waals surface area contributed by atoms with Crippen LogP contribution in [0.15, 0.2) is 12.3 Å². The first-order chi connectivity index (χ1) is 10.8. The molecule has 10 heteroatoms. The lowest BCUT2D eigenvalue weighted by Crippen LogP contribution is -2.32. The van der Waals surface area contributed by atoms with Crippen LogP contribution in [0.3, 0.4) is 0 Å². The maximum absolute atomic E-state index is 12.1. The van der Waals surface area contributed by atoms with Gasteiger partial charge < -0.3 is 15.8 Å². The lowest BCUT2D eigenvalue weighted by Gasteiger charge is -2.13. The van der Waals surface area contributed by atoms with E-state index >= 15 is 0 Å². The summed E-state index contributed by atoms with van der Waals surface area (Å²) in [6, 6.07) is 0.390. The van der Waals surface area contributed by atoms with Crippen LogP contribution in [0.2, 0.25) is 0 Å². The number of urea groups is 1. The van der Waals surface area contributed by atoms with Crippen LogP contribution in [0.25, 0.3) is 0 Å². The van der Waals surface area contributed by atoms with Gasteiger partial charge in [-0.2, -0.15) is 18.2 Å². The van der Waals surface area contributed by atoms with E-state index in [0.717, 1.165) is 19.3 Å². The summed E-state index contributed by atoms with van der Waals surface area (Å²) in [6.07, 6.45) is -0.355. The Morgan fingerprint density at radius 1 is 1.43 bits per heavy atom. The first-order valence-electron chi connectivity index (χ1n) is 7.09. The molecule has 0 aromatic carbocycles. The van der Waals surface area contributed by atoms with Crippen LogP contribution >= 0.6 is 0 Å². The number of amides is 2. The molecule has 1 fully saturated rings. The highest BCUT2D eigenvalue weighted by atomic mass is 19.4. The minimum Gasteiger partial charge on any atom is -0.454 e. The van der Waals surface area contributed by atoms with E-state index in [1.807, 2.05) is 0 Å². The van der Waals surface area contributed by atoms with Crippen LogP contribution in [0.1, 0.15) is 19.3 Å². The van der Waals surface area contributed by atoms with Gasteiger partial charge in [-0.15, -0.1) is 0 Å². The second kappa shape index (κ2) is 6.99. The van der Waals surface area contributed by atoms with E-state index in [2.05, 4.69) is 25.3 Å². The number of rotatable bonds is 7. The van der Waals surface area contributed by atoms with E-state index in [0.29, 0.717) is 13.1 Å². The van der Waals surface area contributed by atoms with Crippen molar-refractivity contribution in [2.75, 3.05) is 25.0 Å². The summed E-state index contributed by atoms with van der Waals surface area (Å²) in [5.41, 5.74) is 5.80. The Labute approximate surface area is 130 Å². The van der Waals surface area contributed by atoms with Gasteiger partial charge in [0, 0.05) is 12.7 Å². The number of hydrogen-bond donors (Lipinski definition) is 3. The Hall–Kier alpha value is -2.10. The van der Waals surface area contributed by atoms with E-state index in [4.69, 9.17) is 5.73 Å². The van der Waals surface area contributed by atoms with Crippen molar-refractivity contribution in [1.82, 2.24) is 15.3 Å². The fraction of sp³-hybridized carbons (Fsp3) is 0.615. The summed E-state index contributed by atoms with van der Waals surface area (Å²) in [4.78, 5) is 18.9. The van der Waals surface area contributed by atoms with Crippen molar-refractivity contribution >= 4 is 11.8 Å². The Morgan fingerprint density at radius 3 is 2.78 bits per heavy atom. The van der Waals surface area contributed by atoms with E-state index in [9.17, 15) is 18.0 Å². The molecule has 2 amide bonds. The largest absolute Gasteiger partial charge is 0.454 e. The van der Waals surface area contributed by atoms with Gasteiger partial charge in [-0.05, 0) is 37.3 Å². The molecule has 0 radical (unpaired) electrons. The lowest BCUT2D eigenvalue weighted by molar-refractivity contribution is -0.154. The molecule has 0 aliphatic heterocycles. The Morgan fingerprint density at radius 2 is 2.17 bits per heavy atom. The van der Waals surface area contributed by atoms with Crippen molar-refractivity contribution < 1.29 is 22.7 Å². The number of nitrogens with zero attached hydrogens (tertiary/aromatic N) is 2. The van der Waals surface area contributed by atoms with Crippen LogP contribution in [0.4, 0.5) is 23.8 Å². The van der Waals surface area contributed by atoms with Crippen molar-refractivity contribution in [3.05, 3.63) is 12.3 Å². The average Bonchev–Trinajstić information content (AvgIpc) is 3.25. The summed E-state index contributed by atoms with van der Waals surface area (Å²) in [7, 11) is 0. The normalized spacial score (nSPS) is 15.8. The minimum atomic E-state index is -4.48. The summed E-state index contributed by atoms with van der Waals surface area (Å²) in [6.45, 7) is -0.433. The molecule has 1 heterocycles. The molecule has 128 valence electrons. The molecular formula is C13H18F3N5O2. The van der Waals surface area contributed by atoms with E-state index in [1.165, 1.54) is 12.3 Å². The van der Waals surface area contributed by atoms with E-state index in [1.54, 1.807) is 0 Å². The van der Waals surface area contributed by atoms with Crippen molar-refractivity contribution in [3.8, 4) is 6.01 Å². The molecule has 1 aliphatic rings. The molecule has 1 saturated carbocycles. The molecule has 0 unspecified atom stereocenters. The predicted molar refractivity (Wildman–Crippen MR) is 75.9 cm³/mol. The van der Waals surface area contributed by atoms with Crippen LogP contribution < -0.4 is 21.1 Å². The molecule has 2 rings (SSSR count). The highest BCUT2D eigenvalue weighted by Gasteiger charge is 2.40. The number of alkyl halides is 3. The van der Waals surface area contributed by atoms with Crippen LogP contribution in [-0.2, 0) is 0 Å². The number of nitrogens with one attached hydrogen (secondary N) is 2. The fourth-order valence-electron chi connectivity index (χ4n) is 1.96. The molecule has 0 saturated heterocycles. The van der Waals surface area contributed by atoms with Crippen molar-refractivity contribution in [2.24, 2.45) is 11.1 Å². The number of aromatic nitrogens is 2. The van der Waals surface area contributed by atoms with Gasteiger partial charge in [0.1, 0.15) is 5.82 Å². The third-order valence-corrected chi connectivity index (χ3v) is 3.57. The molecule has 0 spiro atoms. The predicted octanol–water partition coefficient (Wildman–Crippen LogP) is 1.67. The molecule has 0 atom stereocenters. The molecular weight excluding hydrogens is 315 g/mol. The maximum atomic E-state index is 12.1. The number of anilines is 1. The summed E-state index contributed by atoms with van der Waals surface area (Å²) >= 11 is 0. The zero-order valence-electron chi connectivity index (χ0n) is 12.3. The first-order valence-corrected chi connectivity index (χ1v) is 7.09. The zero-order valence-corrected chi connectivity index (χ0v) is 12.3. The zero-order chi connectivity index (χ0) is 16.9. The van der Waals surface area contributed by atoms with Crippen LogP contribution in [0.5, 0.6) is 6.01 Å². The van der Waals surface area contributed by atoms with Gasteiger partial charge in [0.25, 0.3) is 0 Å². The molecule has 1 aromatic heterocycles. The van der Waals surface area contributed by atoms with Gasteiger partial charge in [-0.3, -0.25) is 5.32 Å². The quantitative estimate of drug-likeness (QED) is 0.704. The third kappa shape index (κ3) is 5.89. The van der Waals surface area contributed by atoms with Gasteiger partial charge in [0.05, 0.1) is 0 Å². The smallest absolute Gasteiger partial charge is 0.422 e. The number of carbonyl (C=O) groups is 1. The van der Waals surface area contributed by atoms with Gasteiger partial charge >= 0.3 is 18.2 Å². The summed E-state index contributed by atoms with van der Waals surface area (Å²) in [5, 5.41) is 5.06. The standard InChI is InChI=1S/C13H18F3N5O2/c14-13(15,16)8-23-11-19-5-1-9(21-11)20-10(22)18-6-4-12(7-17)2-3-12/h1,5H,2-4,6-8,17H2,(H2,18,19,20,21,22). The molecule has 4 N–H and O–H groups in total. The first kappa shape index (κ1) is 17.3. The second-order valence-corrected chi connectivity index (χ2v) is 5.46. The monoisotopic (exact) mass is 333 g/mol. The van der Waals surface area contributed by atoms with Gasteiger partial charge in [0.15, 0.2) is 6.61 Å². The van der Waals surface area contributed by atoms with Crippen molar-refractivity contribution in [3.63, 3.8) is 0 Å². The van der Waals surface area contributed by atoms with E-state index < -0.39 is 24.8 Å². The third-order valence-electron chi connectivity index (χ3n) is 3.57. The van der Waals surface area contributed by atoms with Gasteiger partial charge in [-0.1, -0.05) is 0 Å². The maximum Gasteiger partial charge on any atom is 0.422 e. The summed E-state index contributed by atoms with van der Waals surface area (Å²) in [5.74, 6) is 0.0506. The highest BCUT2D eigenvalue weighted by molar-refractivity contribution is 5.88. The Balaban J connectivity index is 1.76. The number of hydrogen-bond acceptors (Lipinski definition) is 5. The molecule has 1 aromatic rings. The topological polar surface area (TPSA) is 102 Å². The SMILES string of the molecule is NCC1(CCNC(=O)Nc2ccnc(OCC(F)(F)F)n2)CC1. The summed E-state index contributed by atoms with van der Waals surface area (Å²) < 4.78 is 40.6. The molecule has 1 aliphatic carbocycles. The Bertz CT molecular complexity index is 549. The average molecular weight is 333 g/mol. The number of halogens is 3. The van der Waals surface area contributed by atoms with Gasteiger partial charge in [0.2, 0.25) is 0 Å². The molecule has 0 bridgehead atoms. The highest BCUT2D eigenvalue weighted by Crippen LogP contribution is 2.47. The number of ether oxygens (including phenoxy) is 1. The minimum absolute atomic E-state index is 0.0506. The fourth-order valence-corrected chi connectivity index (χ4v) is 1.96.